The van der Waals surface area contributed by atoms with Crippen LogP contribution in [0.2, 0.25) is 0 Å². The van der Waals surface area contributed by atoms with Gasteiger partial charge in [0.05, 0.1) is 13.2 Å². The summed E-state index contributed by atoms with van der Waals surface area (Å²) in [5.74, 6) is -6.88. The van der Waals surface area contributed by atoms with Gasteiger partial charge in [-0.1, -0.05) is 99.4 Å². The predicted molar refractivity (Wildman–Crippen MR) is 164 cm³/mol. The third-order valence-electron chi connectivity index (χ3n) is 7.01. The van der Waals surface area contributed by atoms with Gasteiger partial charge in [0.15, 0.2) is 18.0 Å². The van der Waals surface area contributed by atoms with Crippen LogP contribution < -0.4 is 0 Å². The van der Waals surface area contributed by atoms with Gasteiger partial charge in [-0.25, -0.2) is 9.59 Å². The lowest BCUT2D eigenvalue weighted by molar-refractivity contribution is -0.268. The first-order valence-electron chi connectivity index (χ1n) is 13.4. The zero-order valence-corrected chi connectivity index (χ0v) is 26.8. The van der Waals surface area contributed by atoms with E-state index in [4.69, 9.17) is 29.9 Å². The van der Waals surface area contributed by atoms with Crippen LogP contribution in [-0.4, -0.2) is 102 Å². The molecule has 3 aliphatic rings. The lowest BCUT2D eigenvalue weighted by Gasteiger charge is -2.39. The third-order valence-corrected chi connectivity index (χ3v) is 7.77. The number of halogens is 2. The summed E-state index contributed by atoms with van der Waals surface area (Å²) in [6, 6.07) is 19.1. The van der Waals surface area contributed by atoms with E-state index in [2.05, 4.69) is 54.8 Å². The Bertz CT molecular complexity index is 1350. The second-order valence-electron chi connectivity index (χ2n) is 10.2. The summed E-state index contributed by atoms with van der Waals surface area (Å²) in [5, 5.41) is 66.7. The van der Waals surface area contributed by atoms with E-state index in [0.717, 1.165) is 4.48 Å². The van der Waals surface area contributed by atoms with E-state index in [1.54, 1.807) is 31.2 Å². The van der Waals surface area contributed by atoms with E-state index < -0.39 is 71.8 Å². The van der Waals surface area contributed by atoms with Crippen LogP contribution in [0.4, 0.5) is 0 Å². The van der Waals surface area contributed by atoms with E-state index in [1.165, 1.54) is 5.56 Å². The van der Waals surface area contributed by atoms with Gasteiger partial charge in [0.1, 0.15) is 12.2 Å². The highest BCUT2D eigenvalue weighted by Gasteiger charge is 2.76. The van der Waals surface area contributed by atoms with E-state index in [0.29, 0.717) is 5.56 Å². The normalized spacial score (nSPS) is 29.8. The molecule has 5 rings (SSSR count). The molecular formula is C30H34Br2O12. The largest absolute Gasteiger partial charge is 0.505 e. The van der Waals surface area contributed by atoms with Crippen LogP contribution in [0.1, 0.15) is 30.9 Å². The van der Waals surface area contributed by atoms with Gasteiger partial charge < -0.3 is 50.0 Å². The Kier molecular flexibility index (Phi) is 12.1. The molecule has 2 fully saturated rings. The molecule has 14 heteroatoms. The summed E-state index contributed by atoms with van der Waals surface area (Å²) >= 11 is 6.76. The number of hydrogen-bond donors (Lipinski definition) is 7. The molecule has 0 saturated carbocycles. The molecule has 2 unspecified atom stereocenters. The number of cyclic esters (lactones) is 1. The number of benzene rings is 2. The van der Waals surface area contributed by atoms with Crippen molar-refractivity contribution in [2.45, 2.75) is 60.4 Å². The monoisotopic (exact) mass is 744 g/mol. The highest BCUT2D eigenvalue weighted by molar-refractivity contribution is 9.11. The Morgan fingerprint density at radius 2 is 1.61 bits per heavy atom. The van der Waals surface area contributed by atoms with Crippen molar-refractivity contribution in [3.63, 3.8) is 0 Å². The molecule has 2 saturated heterocycles. The predicted octanol–water partition coefficient (Wildman–Crippen LogP) is 2.32. The van der Waals surface area contributed by atoms with Crippen molar-refractivity contribution in [1.29, 1.82) is 0 Å². The van der Waals surface area contributed by atoms with Crippen LogP contribution in [0.15, 0.2) is 76.7 Å². The van der Waals surface area contributed by atoms with Crippen LogP contribution in [0.3, 0.4) is 0 Å². The van der Waals surface area contributed by atoms with Gasteiger partial charge in [0.25, 0.3) is 0 Å². The third kappa shape index (κ3) is 7.35. The molecule has 3 heterocycles. The molecule has 2 aromatic rings. The van der Waals surface area contributed by atoms with Crippen LogP contribution in [-0.2, 0) is 23.8 Å². The molecule has 0 aromatic heterocycles. The zero-order valence-electron chi connectivity index (χ0n) is 23.7. The molecule has 7 N–H and O–H groups in total. The van der Waals surface area contributed by atoms with E-state index in [1.807, 2.05) is 31.2 Å². The second kappa shape index (κ2) is 15.0. The maximum atomic E-state index is 12.3. The molecule has 0 bridgehead atoms. The molecule has 0 aliphatic carbocycles. The Morgan fingerprint density at radius 3 is 2.09 bits per heavy atom. The number of allylic oxidation sites excluding steroid dienone is 1. The second-order valence-corrected chi connectivity index (χ2v) is 12.9. The Balaban J connectivity index is 0.000000202. The first kappa shape index (κ1) is 35.7. The van der Waals surface area contributed by atoms with Crippen molar-refractivity contribution in [2.24, 2.45) is 0 Å². The Labute approximate surface area is 270 Å². The Hall–Kier alpha value is -2.82. The number of esters is 2. The minimum absolute atomic E-state index is 0.213. The summed E-state index contributed by atoms with van der Waals surface area (Å²) in [7, 11) is 0. The van der Waals surface area contributed by atoms with Gasteiger partial charge >= 0.3 is 11.9 Å². The maximum Gasteiger partial charge on any atom is 0.377 e. The molecule has 240 valence electrons. The van der Waals surface area contributed by atoms with Crippen molar-refractivity contribution in [3.8, 4) is 0 Å². The summed E-state index contributed by atoms with van der Waals surface area (Å²) in [5.41, 5.74) is -0.443. The quantitative estimate of drug-likeness (QED) is 0.168. The smallest absolute Gasteiger partial charge is 0.377 e. The number of aliphatic hydroxyl groups excluding tert-OH is 5. The standard InChI is InChI=1S/C15H17BrO6.C9H9Br.C6H8O6/c1-8(16)11(9-5-3-2-4-6-9)14(19)13(18)22-12-10(17)7-21-15(12,14)20;1-8(10)7-9-5-3-2-4-6-9;7-1-2(8)5-3(9)4(10)6(11)12-5/h2-6,8,10-12,17,19-20H,7H2,1H3;2-7H,1H3;2,5,7-10H,1H2/b;8-7-;/t8?,10-,11?,12+,14+,15-;;2-,5+/m0.0/s1. The molecule has 12 nitrogen and oxygen atoms in total. The van der Waals surface area contributed by atoms with E-state index in [9.17, 15) is 24.9 Å². The highest BCUT2D eigenvalue weighted by Crippen LogP contribution is 2.51. The fraction of sp³-hybridized carbons (Fsp3) is 0.400. The van der Waals surface area contributed by atoms with Gasteiger partial charge in [-0.3, -0.25) is 0 Å². The fourth-order valence-electron chi connectivity index (χ4n) is 4.93. The number of hydrogen-bond acceptors (Lipinski definition) is 12. The fourth-order valence-corrected chi connectivity index (χ4v) is 5.88. The Morgan fingerprint density at radius 1 is 1.05 bits per heavy atom. The zero-order chi connectivity index (χ0) is 32.8. The molecule has 0 spiro atoms. The molecule has 3 aliphatic heterocycles. The van der Waals surface area contributed by atoms with Gasteiger partial charge in [-0.15, -0.1) is 0 Å². The van der Waals surface area contributed by atoms with E-state index >= 15 is 0 Å². The molecule has 44 heavy (non-hydrogen) atoms. The number of carbonyl (C=O) groups excluding carboxylic acids is 2. The lowest BCUT2D eigenvalue weighted by atomic mass is 9.74. The number of fused-ring (bicyclic) bond motifs is 1. The topological polar surface area (TPSA) is 203 Å². The van der Waals surface area contributed by atoms with Crippen LogP contribution in [0.5, 0.6) is 0 Å². The highest BCUT2D eigenvalue weighted by atomic mass is 79.9. The number of rotatable bonds is 6. The van der Waals surface area contributed by atoms with Gasteiger partial charge in [-0.2, -0.15) is 0 Å². The number of carbonyl (C=O) groups is 2. The summed E-state index contributed by atoms with van der Waals surface area (Å²) in [6.07, 6.45) is -3.17. The van der Waals surface area contributed by atoms with Crippen LogP contribution in [0, 0.1) is 0 Å². The number of alkyl halides is 1. The first-order valence-corrected chi connectivity index (χ1v) is 15.1. The lowest BCUT2D eigenvalue weighted by Crippen LogP contribution is -2.62. The molecular weight excluding hydrogens is 712 g/mol. The minimum atomic E-state index is -2.32. The van der Waals surface area contributed by atoms with Crippen molar-refractivity contribution in [3.05, 3.63) is 87.8 Å². The van der Waals surface area contributed by atoms with Crippen molar-refractivity contribution >= 4 is 49.9 Å². The van der Waals surface area contributed by atoms with Crippen molar-refractivity contribution in [2.75, 3.05) is 13.2 Å². The molecule has 0 radical (unpaired) electrons. The van der Waals surface area contributed by atoms with Gasteiger partial charge in [0, 0.05) is 10.7 Å². The number of aliphatic hydroxyl groups is 7. The van der Waals surface area contributed by atoms with Gasteiger partial charge in [0.2, 0.25) is 17.1 Å². The molecule has 0 amide bonds. The minimum Gasteiger partial charge on any atom is -0.505 e. The average molecular weight is 746 g/mol. The summed E-state index contributed by atoms with van der Waals surface area (Å²) < 4.78 is 15.7. The summed E-state index contributed by atoms with van der Waals surface area (Å²) in [4.78, 5) is 22.5. The average Bonchev–Trinajstić information content (AvgIpc) is 3.51. The summed E-state index contributed by atoms with van der Waals surface area (Å²) in [6.45, 7) is 2.89. The van der Waals surface area contributed by atoms with E-state index in [-0.39, 0.29) is 11.4 Å². The molecule has 8 atom stereocenters. The van der Waals surface area contributed by atoms with Crippen molar-refractivity contribution < 1.29 is 59.5 Å². The maximum absolute atomic E-state index is 12.3. The van der Waals surface area contributed by atoms with Crippen LogP contribution >= 0.6 is 31.9 Å². The van der Waals surface area contributed by atoms with Gasteiger partial charge in [-0.05, 0) is 28.6 Å². The SMILES string of the molecule is C/C(Br)=C/c1ccccc1.CC(Br)C(c1ccccc1)[C@@]1(O)C(=O)O[C@@H]2[C@@H](O)CO[C@@]21O.O=C1O[C@H]([C@@H](O)CO)C(O)=C1O. The first-order chi connectivity index (χ1) is 20.7. The van der Waals surface area contributed by atoms with Crippen LogP contribution in [0.25, 0.3) is 6.08 Å². The molecule has 2 aromatic carbocycles. The number of ether oxygens (including phenoxy) is 3. The van der Waals surface area contributed by atoms with Crippen molar-refractivity contribution in [1.82, 2.24) is 0 Å².